The Morgan fingerprint density at radius 1 is 1.38 bits per heavy atom. The maximum atomic E-state index is 12.0. The molecule has 2 atom stereocenters. The van der Waals surface area contributed by atoms with Gasteiger partial charge < -0.3 is 10.1 Å². The average Bonchev–Trinajstić information content (AvgIpc) is 2.47. The molecule has 0 aromatic carbocycles. The number of ketones is 1. The quantitative estimate of drug-likeness (QED) is 0.847. The lowest BCUT2D eigenvalue weighted by molar-refractivity contribution is -0.117. The summed E-state index contributed by atoms with van der Waals surface area (Å²) in [5, 5.41) is 2.79. The molecule has 0 bridgehead atoms. The molecule has 1 amide bonds. The Balaban J connectivity index is 1.85. The van der Waals surface area contributed by atoms with Crippen LogP contribution >= 0.6 is 0 Å². The summed E-state index contributed by atoms with van der Waals surface area (Å²) in [5.41, 5.74) is 0.545. The van der Waals surface area contributed by atoms with Crippen molar-refractivity contribution >= 4 is 17.5 Å². The van der Waals surface area contributed by atoms with Gasteiger partial charge in [0.1, 0.15) is 5.82 Å². The zero-order valence-corrected chi connectivity index (χ0v) is 12.6. The van der Waals surface area contributed by atoms with Crippen molar-refractivity contribution in [1.29, 1.82) is 0 Å². The first-order valence-corrected chi connectivity index (χ1v) is 7.38. The van der Waals surface area contributed by atoms with Gasteiger partial charge in [0.2, 0.25) is 5.91 Å². The minimum atomic E-state index is -0.0341. The Kier molecular flexibility index (Phi) is 5.44. The first-order valence-electron chi connectivity index (χ1n) is 7.38. The number of hydrogen-bond donors (Lipinski definition) is 1. The molecule has 1 aromatic rings. The van der Waals surface area contributed by atoms with Crippen LogP contribution in [0.2, 0.25) is 0 Å². The molecule has 1 aliphatic rings. The first-order chi connectivity index (χ1) is 10.1. The monoisotopic (exact) mass is 290 g/mol. The van der Waals surface area contributed by atoms with Crippen LogP contribution in [0.25, 0.3) is 0 Å². The third kappa shape index (κ3) is 4.63. The molecular weight excluding hydrogens is 268 g/mol. The molecular formula is C16H22N2O3. The summed E-state index contributed by atoms with van der Waals surface area (Å²) in [7, 11) is 1.73. The summed E-state index contributed by atoms with van der Waals surface area (Å²) in [5.74, 6) is 0.803. The van der Waals surface area contributed by atoms with Crippen LogP contribution in [0.4, 0.5) is 5.82 Å². The maximum absolute atomic E-state index is 12.0. The largest absolute Gasteiger partial charge is 0.381 e. The zero-order chi connectivity index (χ0) is 15.2. The number of nitrogens with one attached hydrogen (secondary N) is 1. The van der Waals surface area contributed by atoms with E-state index in [0.717, 1.165) is 25.7 Å². The number of ether oxygens (including phenoxy) is 1. The van der Waals surface area contributed by atoms with Gasteiger partial charge in [0.25, 0.3) is 0 Å². The molecule has 2 unspecified atom stereocenters. The van der Waals surface area contributed by atoms with Gasteiger partial charge in [-0.2, -0.15) is 0 Å². The number of nitrogens with zero attached hydrogens (tertiary/aromatic N) is 1. The Morgan fingerprint density at radius 3 is 2.81 bits per heavy atom. The Morgan fingerprint density at radius 2 is 2.19 bits per heavy atom. The van der Waals surface area contributed by atoms with E-state index in [1.54, 1.807) is 19.2 Å². The van der Waals surface area contributed by atoms with Crippen molar-refractivity contribution in [3.05, 3.63) is 23.9 Å². The SMILES string of the molecule is COC1CCCC(CC(=O)Nc2ccc(C(C)=O)cn2)C1. The summed E-state index contributed by atoms with van der Waals surface area (Å²) in [6, 6.07) is 3.33. The molecule has 2 rings (SSSR count). The molecule has 1 fully saturated rings. The van der Waals surface area contributed by atoms with Gasteiger partial charge in [-0.15, -0.1) is 0 Å². The van der Waals surface area contributed by atoms with Gasteiger partial charge in [-0.3, -0.25) is 9.59 Å². The molecule has 1 aromatic heterocycles. The Labute approximate surface area is 125 Å². The highest BCUT2D eigenvalue weighted by Gasteiger charge is 2.23. The van der Waals surface area contributed by atoms with Crippen molar-refractivity contribution in [2.45, 2.75) is 45.1 Å². The summed E-state index contributed by atoms with van der Waals surface area (Å²) in [6.07, 6.45) is 6.48. The van der Waals surface area contributed by atoms with Gasteiger partial charge in [0.05, 0.1) is 6.10 Å². The van der Waals surface area contributed by atoms with Crippen LogP contribution in [0.3, 0.4) is 0 Å². The van der Waals surface area contributed by atoms with Gasteiger partial charge in [0.15, 0.2) is 5.78 Å². The highest BCUT2D eigenvalue weighted by Crippen LogP contribution is 2.28. The number of carbonyl (C=O) groups is 2. The molecule has 0 spiro atoms. The minimum Gasteiger partial charge on any atom is -0.381 e. The van der Waals surface area contributed by atoms with Crippen LogP contribution in [0.1, 0.15) is 49.4 Å². The molecule has 1 aliphatic carbocycles. The van der Waals surface area contributed by atoms with Gasteiger partial charge in [-0.25, -0.2) is 4.98 Å². The Bertz CT molecular complexity index is 499. The van der Waals surface area contributed by atoms with Crippen molar-refractivity contribution in [2.24, 2.45) is 5.92 Å². The average molecular weight is 290 g/mol. The number of Topliss-reactive ketones (excluding diaryl/α,β-unsaturated/α-hetero) is 1. The highest BCUT2D eigenvalue weighted by atomic mass is 16.5. The molecule has 1 N–H and O–H groups in total. The van der Waals surface area contributed by atoms with Gasteiger partial charge in [-0.1, -0.05) is 6.42 Å². The fourth-order valence-electron chi connectivity index (χ4n) is 2.77. The molecule has 0 aliphatic heterocycles. The number of aromatic nitrogens is 1. The van der Waals surface area contributed by atoms with E-state index in [1.165, 1.54) is 13.1 Å². The van der Waals surface area contributed by atoms with Gasteiger partial charge in [0, 0.05) is 25.3 Å². The van der Waals surface area contributed by atoms with E-state index in [4.69, 9.17) is 4.74 Å². The van der Waals surface area contributed by atoms with Crippen LogP contribution < -0.4 is 5.32 Å². The zero-order valence-electron chi connectivity index (χ0n) is 12.6. The summed E-state index contributed by atoms with van der Waals surface area (Å²) in [6.45, 7) is 1.49. The number of anilines is 1. The van der Waals surface area contributed by atoms with Gasteiger partial charge in [-0.05, 0) is 44.2 Å². The fraction of sp³-hybridized carbons (Fsp3) is 0.562. The van der Waals surface area contributed by atoms with Crippen molar-refractivity contribution in [1.82, 2.24) is 4.98 Å². The van der Waals surface area contributed by atoms with E-state index < -0.39 is 0 Å². The third-order valence-electron chi connectivity index (χ3n) is 3.98. The summed E-state index contributed by atoms with van der Waals surface area (Å²) in [4.78, 5) is 27.3. The standard InChI is InChI=1S/C16H22N2O3/c1-11(19)13-6-7-15(17-10-13)18-16(20)9-12-4-3-5-14(8-12)21-2/h6-7,10,12,14H,3-5,8-9H2,1-2H3,(H,17,18,20). The predicted octanol–water partition coefficient (Wildman–Crippen LogP) is 2.82. The lowest BCUT2D eigenvalue weighted by Crippen LogP contribution is -2.25. The van der Waals surface area contributed by atoms with Crippen LogP contribution in [-0.4, -0.2) is 29.9 Å². The molecule has 5 heteroatoms. The molecule has 1 saturated carbocycles. The van der Waals surface area contributed by atoms with Crippen LogP contribution in [0.5, 0.6) is 0 Å². The molecule has 0 radical (unpaired) electrons. The number of hydrogen-bond acceptors (Lipinski definition) is 4. The fourth-order valence-corrected chi connectivity index (χ4v) is 2.77. The maximum Gasteiger partial charge on any atom is 0.225 e. The normalized spacial score (nSPS) is 21.8. The smallest absolute Gasteiger partial charge is 0.225 e. The minimum absolute atomic E-state index is 0.0279. The van der Waals surface area contributed by atoms with Crippen LogP contribution in [0, 0.1) is 5.92 Å². The summed E-state index contributed by atoms with van der Waals surface area (Å²) < 4.78 is 5.38. The number of pyridine rings is 1. The number of methoxy groups -OCH3 is 1. The third-order valence-corrected chi connectivity index (χ3v) is 3.98. The molecule has 5 nitrogen and oxygen atoms in total. The molecule has 1 heterocycles. The topological polar surface area (TPSA) is 68.3 Å². The second-order valence-electron chi connectivity index (χ2n) is 5.63. The van der Waals surface area contributed by atoms with E-state index in [2.05, 4.69) is 10.3 Å². The highest BCUT2D eigenvalue weighted by molar-refractivity contribution is 5.94. The second-order valence-corrected chi connectivity index (χ2v) is 5.63. The number of rotatable bonds is 5. The van der Waals surface area contributed by atoms with Crippen LogP contribution in [0.15, 0.2) is 18.3 Å². The molecule has 114 valence electrons. The summed E-state index contributed by atoms with van der Waals surface area (Å²) >= 11 is 0. The number of carbonyl (C=O) groups excluding carboxylic acids is 2. The molecule has 0 saturated heterocycles. The van der Waals surface area contributed by atoms with Crippen LogP contribution in [-0.2, 0) is 9.53 Å². The second kappa shape index (κ2) is 7.31. The van der Waals surface area contributed by atoms with E-state index in [9.17, 15) is 9.59 Å². The predicted molar refractivity (Wildman–Crippen MR) is 80.2 cm³/mol. The lowest BCUT2D eigenvalue weighted by Gasteiger charge is -2.27. The van der Waals surface area contributed by atoms with Crippen molar-refractivity contribution in [3.63, 3.8) is 0 Å². The van der Waals surface area contributed by atoms with E-state index in [0.29, 0.717) is 23.7 Å². The van der Waals surface area contributed by atoms with Crippen molar-refractivity contribution in [3.8, 4) is 0 Å². The number of amides is 1. The lowest BCUT2D eigenvalue weighted by atomic mass is 9.85. The van der Waals surface area contributed by atoms with E-state index >= 15 is 0 Å². The van der Waals surface area contributed by atoms with Crippen molar-refractivity contribution in [2.75, 3.05) is 12.4 Å². The first kappa shape index (κ1) is 15.6. The van der Waals surface area contributed by atoms with E-state index in [-0.39, 0.29) is 17.8 Å². The van der Waals surface area contributed by atoms with Crippen molar-refractivity contribution < 1.29 is 14.3 Å². The van der Waals surface area contributed by atoms with E-state index in [1.807, 2.05) is 0 Å². The molecule has 21 heavy (non-hydrogen) atoms. The van der Waals surface area contributed by atoms with Gasteiger partial charge >= 0.3 is 0 Å². The Hall–Kier alpha value is -1.75.